The number of hydrogen-bond donors (Lipinski definition) is 3. The number of rotatable bonds is 4. The Labute approximate surface area is 107 Å². The predicted octanol–water partition coefficient (Wildman–Crippen LogP) is -2.41. The van der Waals surface area contributed by atoms with E-state index >= 15 is 0 Å². The molecule has 1 aliphatic rings. The number of aliphatic hydroxyl groups excluding tert-OH is 1. The van der Waals surface area contributed by atoms with Crippen molar-refractivity contribution in [2.75, 3.05) is 45.8 Å². The highest BCUT2D eigenvalue weighted by atomic mass is 16.3. The summed E-state index contributed by atoms with van der Waals surface area (Å²) in [7, 11) is 0. The van der Waals surface area contributed by atoms with Gasteiger partial charge in [0.1, 0.15) is 0 Å². The fraction of sp³-hybridized carbons (Fsp3) is 0.818. The number of nitrogens with two attached hydrogens (primary N) is 1. The van der Waals surface area contributed by atoms with Crippen LogP contribution in [0.25, 0.3) is 0 Å². The molecule has 1 heterocycles. The first-order valence-electron chi connectivity index (χ1n) is 6.22. The molecule has 1 saturated heterocycles. The van der Waals surface area contributed by atoms with Crippen molar-refractivity contribution < 1.29 is 14.7 Å². The van der Waals surface area contributed by atoms with Crippen LogP contribution in [0.4, 0.5) is 0 Å². The zero-order valence-electron chi connectivity index (χ0n) is 10.8. The Bertz CT molecular complexity index is 288. The molecule has 0 saturated carbocycles. The molecule has 18 heavy (non-hydrogen) atoms. The number of nitrogens with one attached hydrogen (secondary N) is 1. The topological polar surface area (TPSA) is 98.9 Å². The SMILES string of the molecule is CC(O)CNC(=O)C(=O)N1CCN(CCN)CC1. The van der Waals surface area contributed by atoms with Crippen LogP contribution in [0.5, 0.6) is 0 Å². The fourth-order valence-corrected chi connectivity index (χ4v) is 1.82. The average molecular weight is 258 g/mol. The van der Waals surface area contributed by atoms with Crippen LogP contribution in [0.2, 0.25) is 0 Å². The number of amides is 2. The standard InChI is InChI=1S/C11H22N4O3/c1-9(16)8-13-10(17)11(18)15-6-4-14(3-2-12)5-7-15/h9,16H,2-8,12H2,1H3,(H,13,17). The summed E-state index contributed by atoms with van der Waals surface area (Å²) in [6, 6.07) is 0. The Morgan fingerprint density at radius 3 is 2.44 bits per heavy atom. The molecule has 0 aromatic rings. The Morgan fingerprint density at radius 1 is 1.33 bits per heavy atom. The molecule has 1 aliphatic heterocycles. The Hall–Kier alpha value is -1.18. The van der Waals surface area contributed by atoms with Gasteiger partial charge in [0.15, 0.2) is 0 Å². The third-order valence-electron chi connectivity index (χ3n) is 2.86. The highest BCUT2D eigenvalue weighted by molar-refractivity contribution is 6.35. The van der Waals surface area contributed by atoms with Gasteiger partial charge in [-0.1, -0.05) is 0 Å². The molecule has 0 spiro atoms. The largest absolute Gasteiger partial charge is 0.392 e. The van der Waals surface area contributed by atoms with E-state index in [1.165, 1.54) is 4.90 Å². The van der Waals surface area contributed by atoms with E-state index < -0.39 is 17.9 Å². The lowest BCUT2D eigenvalue weighted by Gasteiger charge is -2.34. The maximum atomic E-state index is 11.8. The molecule has 1 rings (SSSR count). The molecule has 104 valence electrons. The summed E-state index contributed by atoms with van der Waals surface area (Å²) >= 11 is 0. The number of nitrogens with zero attached hydrogens (tertiary/aromatic N) is 2. The quantitative estimate of drug-likeness (QED) is 0.488. The molecule has 1 unspecified atom stereocenters. The lowest BCUT2D eigenvalue weighted by molar-refractivity contribution is -0.147. The number of piperazine rings is 1. The average Bonchev–Trinajstić information content (AvgIpc) is 2.36. The molecule has 2 amide bonds. The number of carbonyl (C=O) groups is 2. The minimum absolute atomic E-state index is 0.0950. The predicted molar refractivity (Wildman–Crippen MR) is 66.8 cm³/mol. The summed E-state index contributed by atoms with van der Waals surface area (Å²) in [4.78, 5) is 27.0. The van der Waals surface area contributed by atoms with Gasteiger partial charge in [0, 0.05) is 45.8 Å². The summed E-state index contributed by atoms with van der Waals surface area (Å²) < 4.78 is 0. The number of hydrogen-bond acceptors (Lipinski definition) is 5. The zero-order chi connectivity index (χ0) is 13.5. The fourth-order valence-electron chi connectivity index (χ4n) is 1.82. The summed E-state index contributed by atoms with van der Waals surface area (Å²) in [5.41, 5.74) is 5.46. The van der Waals surface area contributed by atoms with Crippen molar-refractivity contribution in [3.8, 4) is 0 Å². The minimum atomic E-state index is -0.650. The number of aliphatic hydroxyl groups is 1. The van der Waals surface area contributed by atoms with Gasteiger partial charge in [0.25, 0.3) is 0 Å². The van der Waals surface area contributed by atoms with Gasteiger partial charge in [-0.25, -0.2) is 0 Å². The summed E-state index contributed by atoms with van der Waals surface area (Å²) in [5.74, 6) is -1.17. The van der Waals surface area contributed by atoms with Crippen molar-refractivity contribution in [3.05, 3.63) is 0 Å². The van der Waals surface area contributed by atoms with E-state index in [4.69, 9.17) is 10.8 Å². The van der Waals surface area contributed by atoms with Crippen LogP contribution < -0.4 is 11.1 Å². The van der Waals surface area contributed by atoms with Gasteiger partial charge in [-0.15, -0.1) is 0 Å². The molecule has 0 aromatic heterocycles. The first-order chi connectivity index (χ1) is 8.54. The van der Waals surface area contributed by atoms with E-state index in [0.29, 0.717) is 19.6 Å². The molecule has 4 N–H and O–H groups in total. The van der Waals surface area contributed by atoms with Crippen molar-refractivity contribution in [1.29, 1.82) is 0 Å². The molecule has 1 atom stereocenters. The van der Waals surface area contributed by atoms with Gasteiger partial charge >= 0.3 is 11.8 Å². The third kappa shape index (κ3) is 4.59. The van der Waals surface area contributed by atoms with Crippen molar-refractivity contribution in [2.45, 2.75) is 13.0 Å². The van der Waals surface area contributed by atoms with Gasteiger partial charge in [-0.2, -0.15) is 0 Å². The Kier molecular flexibility index (Phi) is 6.03. The van der Waals surface area contributed by atoms with Crippen LogP contribution in [0.1, 0.15) is 6.92 Å². The molecule has 0 bridgehead atoms. The van der Waals surface area contributed by atoms with Crippen LogP contribution in [-0.4, -0.2) is 78.6 Å². The lowest BCUT2D eigenvalue weighted by Crippen LogP contribution is -2.53. The van der Waals surface area contributed by atoms with Gasteiger partial charge in [0.2, 0.25) is 0 Å². The first kappa shape index (κ1) is 14.9. The summed E-state index contributed by atoms with van der Waals surface area (Å²) in [5, 5.41) is 11.4. The summed E-state index contributed by atoms with van der Waals surface area (Å²) in [6.07, 6.45) is -0.650. The van der Waals surface area contributed by atoms with Crippen LogP contribution in [0.3, 0.4) is 0 Å². The molecule has 1 fully saturated rings. The van der Waals surface area contributed by atoms with E-state index in [2.05, 4.69) is 10.2 Å². The number of carbonyl (C=O) groups excluding carboxylic acids is 2. The molecule has 0 aromatic carbocycles. The normalized spacial score (nSPS) is 18.5. The Balaban J connectivity index is 2.33. The van der Waals surface area contributed by atoms with Crippen LogP contribution in [-0.2, 0) is 9.59 Å². The minimum Gasteiger partial charge on any atom is -0.392 e. The van der Waals surface area contributed by atoms with Crippen molar-refractivity contribution in [2.24, 2.45) is 5.73 Å². The zero-order valence-corrected chi connectivity index (χ0v) is 10.8. The molecular formula is C11H22N4O3. The maximum absolute atomic E-state index is 11.8. The van der Waals surface area contributed by atoms with Crippen LogP contribution >= 0.6 is 0 Å². The first-order valence-corrected chi connectivity index (χ1v) is 6.22. The van der Waals surface area contributed by atoms with E-state index in [1.807, 2.05) is 0 Å². The van der Waals surface area contributed by atoms with Gasteiger partial charge in [0.05, 0.1) is 6.10 Å². The Morgan fingerprint density at radius 2 is 1.94 bits per heavy atom. The maximum Gasteiger partial charge on any atom is 0.311 e. The lowest BCUT2D eigenvalue weighted by atomic mass is 10.3. The van der Waals surface area contributed by atoms with Crippen LogP contribution in [0, 0.1) is 0 Å². The van der Waals surface area contributed by atoms with Crippen LogP contribution in [0.15, 0.2) is 0 Å². The van der Waals surface area contributed by atoms with Gasteiger partial charge < -0.3 is 21.1 Å². The summed E-state index contributed by atoms with van der Waals surface area (Å²) in [6.45, 7) is 5.63. The van der Waals surface area contributed by atoms with E-state index in [9.17, 15) is 9.59 Å². The van der Waals surface area contributed by atoms with Gasteiger partial charge in [-0.3, -0.25) is 14.5 Å². The molecule has 0 aliphatic carbocycles. The van der Waals surface area contributed by atoms with Crippen molar-refractivity contribution in [3.63, 3.8) is 0 Å². The molecular weight excluding hydrogens is 236 g/mol. The van der Waals surface area contributed by atoms with Crippen molar-refractivity contribution in [1.82, 2.24) is 15.1 Å². The second-order valence-corrected chi connectivity index (χ2v) is 4.48. The molecule has 7 heteroatoms. The smallest absolute Gasteiger partial charge is 0.311 e. The van der Waals surface area contributed by atoms with E-state index in [1.54, 1.807) is 6.92 Å². The molecule has 7 nitrogen and oxygen atoms in total. The monoisotopic (exact) mass is 258 g/mol. The van der Waals surface area contributed by atoms with Crippen molar-refractivity contribution >= 4 is 11.8 Å². The second-order valence-electron chi connectivity index (χ2n) is 4.48. The van der Waals surface area contributed by atoms with E-state index in [0.717, 1.165) is 19.6 Å². The highest BCUT2D eigenvalue weighted by Gasteiger charge is 2.25. The molecule has 0 radical (unpaired) electrons. The van der Waals surface area contributed by atoms with Gasteiger partial charge in [-0.05, 0) is 6.92 Å². The van der Waals surface area contributed by atoms with E-state index in [-0.39, 0.29) is 6.54 Å². The highest BCUT2D eigenvalue weighted by Crippen LogP contribution is 2.01. The second kappa shape index (κ2) is 7.30. The third-order valence-corrected chi connectivity index (χ3v) is 2.86.